The maximum Gasteiger partial charge on any atom is 0.131 e. The Balaban J connectivity index is 2.13. The predicted octanol–water partition coefficient (Wildman–Crippen LogP) is 1.59. The average molecular weight is 277 g/mol. The van der Waals surface area contributed by atoms with E-state index in [2.05, 4.69) is 47.5 Å². The second-order valence-corrected chi connectivity index (χ2v) is 6.04. The zero-order valence-corrected chi connectivity index (χ0v) is 13.1. The summed E-state index contributed by atoms with van der Waals surface area (Å²) >= 11 is 0. The van der Waals surface area contributed by atoms with Crippen molar-refractivity contribution in [2.75, 3.05) is 31.1 Å². The van der Waals surface area contributed by atoms with Gasteiger partial charge in [0.05, 0.1) is 17.6 Å². The highest BCUT2D eigenvalue weighted by Gasteiger charge is 2.21. The number of anilines is 1. The zero-order chi connectivity index (χ0) is 14.7. The van der Waals surface area contributed by atoms with E-state index in [-0.39, 0.29) is 0 Å². The van der Waals surface area contributed by atoms with Crippen LogP contribution in [0.15, 0.2) is 6.20 Å². The summed E-state index contributed by atoms with van der Waals surface area (Å²) in [6.07, 6.45) is 1.95. The second kappa shape index (κ2) is 6.50. The average Bonchev–Trinajstić information content (AvgIpc) is 2.46. The minimum absolute atomic E-state index is 0.340. The standard InChI is InChI=1S/C15H27N5/c1-11(2)15-17-10-14(13(9-16)18-15)20-7-5-19(6-8-20)12(3)4/h10-12H,5-9,16H2,1-4H3. The molecule has 5 nitrogen and oxygen atoms in total. The van der Waals surface area contributed by atoms with Crippen molar-refractivity contribution < 1.29 is 0 Å². The molecule has 0 atom stereocenters. The van der Waals surface area contributed by atoms with Gasteiger partial charge in [0, 0.05) is 44.7 Å². The molecule has 1 aliphatic heterocycles. The molecule has 0 unspecified atom stereocenters. The third-order valence-electron chi connectivity index (χ3n) is 3.96. The van der Waals surface area contributed by atoms with Crippen LogP contribution in [-0.4, -0.2) is 47.1 Å². The Labute approximate surface area is 122 Å². The van der Waals surface area contributed by atoms with Crippen LogP contribution in [0.1, 0.15) is 45.1 Å². The fourth-order valence-electron chi connectivity index (χ4n) is 2.60. The minimum atomic E-state index is 0.340. The van der Waals surface area contributed by atoms with E-state index < -0.39 is 0 Å². The molecule has 2 heterocycles. The number of nitrogens with two attached hydrogens (primary N) is 1. The maximum atomic E-state index is 5.87. The van der Waals surface area contributed by atoms with Crippen LogP contribution in [0.3, 0.4) is 0 Å². The topological polar surface area (TPSA) is 58.3 Å². The van der Waals surface area contributed by atoms with Crippen molar-refractivity contribution in [3.63, 3.8) is 0 Å². The fraction of sp³-hybridized carbons (Fsp3) is 0.733. The molecule has 2 rings (SSSR count). The Kier molecular flexibility index (Phi) is 4.94. The van der Waals surface area contributed by atoms with Crippen LogP contribution in [0.5, 0.6) is 0 Å². The molecule has 5 heteroatoms. The first-order valence-corrected chi connectivity index (χ1v) is 7.57. The van der Waals surface area contributed by atoms with Crippen molar-refractivity contribution in [3.8, 4) is 0 Å². The van der Waals surface area contributed by atoms with Gasteiger partial charge in [-0.15, -0.1) is 0 Å². The summed E-state index contributed by atoms with van der Waals surface area (Å²) in [5, 5.41) is 0. The van der Waals surface area contributed by atoms with Gasteiger partial charge in [-0.1, -0.05) is 13.8 Å². The molecule has 0 spiro atoms. The monoisotopic (exact) mass is 277 g/mol. The summed E-state index contributed by atoms with van der Waals surface area (Å²) < 4.78 is 0. The Hall–Kier alpha value is -1.20. The molecule has 0 amide bonds. The lowest BCUT2D eigenvalue weighted by Gasteiger charge is -2.38. The van der Waals surface area contributed by atoms with E-state index in [9.17, 15) is 0 Å². The molecule has 1 aromatic heterocycles. The van der Waals surface area contributed by atoms with E-state index in [4.69, 9.17) is 5.73 Å². The van der Waals surface area contributed by atoms with Gasteiger partial charge in [0.15, 0.2) is 0 Å². The van der Waals surface area contributed by atoms with Gasteiger partial charge in [0.1, 0.15) is 5.82 Å². The third kappa shape index (κ3) is 3.27. The van der Waals surface area contributed by atoms with Crippen LogP contribution in [0.2, 0.25) is 0 Å². The van der Waals surface area contributed by atoms with Gasteiger partial charge in [0.25, 0.3) is 0 Å². The molecule has 20 heavy (non-hydrogen) atoms. The number of hydrogen-bond donors (Lipinski definition) is 1. The molecule has 1 aliphatic rings. The van der Waals surface area contributed by atoms with Crippen molar-refractivity contribution in [2.24, 2.45) is 5.73 Å². The van der Waals surface area contributed by atoms with Gasteiger partial charge >= 0.3 is 0 Å². The Morgan fingerprint density at radius 1 is 1.15 bits per heavy atom. The van der Waals surface area contributed by atoms with Gasteiger partial charge in [0.2, 0.25) is 0 Å². The van der Waals surface area contributed by atoms with Crippen molar-refractivity contribution in [1.29, 1.82) is 0 Å². The first kappa shape index (κ1) is 15.2. The smallest absolute Gasteiger partial charge is 0.131 e. The van der Waals surface area contributed by atoms with E-state index in [0.29, 0.717) is 18.5 Å². The Morgan fingerprint density at radius 3 is 2.30 bits per heavy atom. The highest BCUT2D eigenvalue weighted by Crippen LogP contribution is 2.22. The van der Waals surface area contributed by atoms with Gasteiger partial charge in [-0.2, -0.15) is 0 Å². The van der Waals surface area contributed by atoms with Crippen molar-refractivity contribution in [3.05, 3.63) is 17.7 Å². The SMILES string of the molecule is CC(C)c1ncc(N2CCN(C(C)C)CC2)c(CN)n1. The quantitative estimate of drug-likeness (QED) is 0.905. The Morgan fingerprint density at radius 2 is 1.80 bits per heavy atom. The summed E-state index contributed by atoms with van der Waals surface area (Å²) in [7, 11) is 0. The van der Waals surface area contributed by atoms with E-state index in [0.717, 1.165) is 43.4 Å². The van der Waals surface area contributed by atoms with Crippen LogP contribution in [0, 0.1) is 0 Å². The lowest BCUT2D eigenvalue weighted by Crippen LogP contribution is -2.49. The van der Waals surface area contributed by atoms with Crippen molar-refractivity contribution in [2.45, 2.75) is 46.2 Å². The van der Waals surface area contributed by atoms with Crippen molar-refractivity contribution >= 4 is 5.69 Å². The van der Waals surface area contributed by atoms with Gasteiger partial charge in [-0.05, 0) is 13.8 Å². The molecule has 0 aliphatic carbocycles. The third-order valence-corrected chi connectivity index (χ3v) is 3.96. The largest absolute Gasteiger partial charge is 0.366 e. The molecular weight excluding hydrogens is 250 g/mol. The van der Waals surface area contributed by atoms with Crippen LogP contribution in [-0.2, 0) is 6.54 Å². The first-order chi connectivity index (χ1) is 9.52. The second-order valence-electron chi connectivity index (χ2n) is 6.04. The number of rotatable bonds is 4. The number of aromatic nitrogens is 2. The van der Waals surface area contributed by atoms with E-state index >= 15 is 0 Å². The lowest BCUT2D eigenvalue weighted by molar-refractivity contribution is 0.209. The summed E-state index contributed by atoms with van der Waals surface area (Å²) in [6, 6.07) is 0.616. The Bertz CT molecular complexity index is 436. The highest BCUT2D eigenvalue weighted by atomic mass is 15.3. The van der Waals surface area contributed by atoms with Gasteiger partial charge in [-0.25, -0.2) is 9.97 Å². The number of hydrogen-bond acceptors (Lipinski definition) is 5. The van der Waals surface area contributed by atoms with Crippen LogP contribution in [0.4, 0.5) is 5.69 Å². The predicted molar refractivity (Wildman–Crippen MR) is 82.9 cm³/mol. The van der Waals surface area contributed by atoms with Crippen LogP contribution < -0.4 is 10.6 Å². The number of nitrogens with zero attached hydrogens (tertiary/aromatic N) is 4. The number of piperazine rings is 1. The molecule has 1 saturated heterocycles. The van der Waals surface area contributed by atoms with Crippen molar-refractivity contribution in [1.82, 2.24) is 14.9 Å². The fourth-order valence-corrected chi connectivity index (χ4v) is 2.60. The van der Waals surface area contributed by atoms with Gasteiger partial charge < -0.3 is 10.6 Å². The summed E-state index contributed by atoms with van der Waals surface area (Å²) in [6.45, 7) is 13.4. The molecule has 0 radical (unpaired) electrons. The molecule has 0 aromatic carbocycles. The van der Waals surface area contributed by atoms with Crippen LogP contribution >= 0.6 is 0 Å². The zero-order valence-electron chi connectivity index (χ0n) is 13.1. The molecule has 0 bridgehead atoms. The molecular formula is C15H27N5. The molecule has 0 saturated carbocycles. The first-order valence-electron chi connectivity index (χ1n) is 7.57. The molecule has 112 valence electrons. The van der Waals surface area contributed by atoms with Crippen LogP contribution in [0.25, 0.3) is 0 Å². The summed E-state index contributed by atoms with van der Waals surface area (Å²) in [5.41, 5.74) is 7.96. The highest BCUT2D eigenvalue weighted by molar-refractivity contribution is 5.49. The summed E-state index contributed by atoms with van der Waals surface area (Å²) in [4.78, 5) is 14.0. The maximum absolute atomic E-state index is 5.87. The van der Waals surface area contributed by atoms with E-state index in [1.165, 1.54) is 0 Å². The van der Waals surface area contributed by atoms with Gasteiger partial charge in [-0.3, -0.25) is 4.90 Å². The molecule has 1 aromatic rings. The van der Waals surface area contributed by atoms with E-state index in [1.54, 1.807) is 0 Å². The van der Waals surface area contributed by atoms with E-state index in [1.807, 2.05) is 6.20 Å². The normalized spacial score (nSPS) is 17.2. The lowest BCUT2D eigenvalue weighted by atomic mass is 10.2. The minimum Gasteiger partial charge on any atom is -0.366 e. The molecule has 1 fully saturated rings. The summed E-state index contributed by atoms with van der Waals surface area (Å²) in [5.74, 6) is 1.22. The molecule has 2 N–H and O–H groups in total.